The lowest BCUT2D eigenvalue weighted by Crippen LogP contribution is -2.27. The van der Waals surface area contributed by atoms with Crippen molar-refractivity contribution in [1.29, 1.82) is 5.26 Å². The van der Waals surface area contributed by atoms with Gasteiger partial charge in [0.1, 0.15) is 0 Å². The average Bonchev–Trinajstić information content (AvgIpc) is 2.35. The lowest BCUT2D eigenvalue weighted by Gasteiger charge is -2.21. The maximum atomic E-state index is 9.11. The Bertz CT molecular complexity index is 342. The summed E-state index contributed by atoms with van der Waals surface area (Å²) in [6.07, 6.45) is 2.57. The lowest BCUT2D eigenvalue weighted by atomic mass is 9.98. The smallest absolute Gasteiger partial charge is 0.151 e. The van der Waals surface area contributed by atoms with Crippen molar-refractivity contribution in [2.24, 2.45) is 0 Å². The number of ether oxygens (including phenoxy) is 1. The number of aryl methyl sites for hydroxylation is 1. The van der Waals surface area contributed by atoms with Crippen molar-refractivity contribution in [3.63, 3.8) is 0 Å². The molecule has 2 heteroatoms. The van der Waals surface area contributed by atoms with Crippen LogP contribution in [0.2, 0.25) is 0 Å². The number of benzene rings is 1. The molecule has 1 aromatic rings. The van der Waals surface area contributed by atoms with Gasteiger partial charge in [-0.25, -0.2) is 0 Å². The van der Waals surface area contributed by atoms with Gasteiger partial charge in [0, 0.05) is 6.61 Å². The highest BCUT2D eigenvalue weighted by Crippen LogP contribution is 2.18. The Morgan fingerprint density at radius 1 is 1.31 bits per heavy atom. The van der Waals surface area contributed by atoms with E-state index in [1.54, 1.807) is 0 Å². The molecule has 1 unspecified atom stereocenters. The summed E-state index contributed by atoms with van der Waals surface area (Å²) in [4.78, 5) is 0. The Labute approximate surface area is 97.9 Å². The number of hydrogen-bond acceptors (Lipinski definition) is 2. The predicted octanol–water partition coefficient (Wildman–Crippen LogP) is 3.33. The molecule has 2 nitrogen and oxygen atoms in total. The third-order valence-corrected chi connectivity index (χ3v) is 2.59. The van der Waals surface area contributed by atoms with Gasteiger partial charge in [-0.05, 0) is 31.7 Å². The summed E-state index contributed by atoms with van der Waals surface area (Å²) in [6, 6.07) is 12.5. The maximum absolute atomic E-state index is 9.11. The minimum atomic E-state index is -0.647. The van der Waals surface area contributed by atoms with Gasteiger partial charge in [0.2, 0.25) is 0 Å². The fourth-order valence-corrected chi connectivity index (χ4v) is 1.52. The molecule has 0 aliphatic carbocycles. The molecule has 1 rings (SSSR count). The molecule has 0 N–H and O–H groups in total. The summed E-state index contributed by atoms with van der Waals surface area (Å²) in [6.45, 7) is 4.57. The SMILES string of the molecule is CCCOC(C)(C#N)CCc1ccccc1. The third kappa shape index (κ3) is 4.04. The summed E-state index contributed by atoms with van der Waals surface area (Å²) in [5.74, 6) is 0. The first-order valence-electron chi connectivity index (χ1n) is 5.79. The second-order valence-corrected chi connectivity index (χ2v) is 4.18. The monoisotopic (exact) mass is 217 g/mol. The number of nitrogens with zero attached hydrogens (tertiary/aromatic N) is 1. The highest BCUT2D eigenvalue weighted by molar-refractivity contribution is 5.16. The van der Waals surface area contributed by atoms with E-state index in [0.29, 0.717) is 6.61 Å². The van der Waals surface area contributed by atoms with Gasteiger partial charge in [-0.1, -0.05) is 37.3 Å². The predicted molar refractivity (Wildman–Crippen MR) is 65.0 cm³/mol. The Kier molecular flexibility index (Phi) is 5.01. The minimum absolute atomic E-state index is 0.647. The zero-order valence-electron chi connectivity index (χ0n) is 10.1. The first kappa shape index (κ1) is 12.7. The summed E-state index contributed by atoms with van der Waals surface area (Å²) >= 11 is 0. The number of nitriles is 1. The van der Waals surface area contributed by atoms with Crippen LogP contribution in [0, 0.1) is 11.3 Å². The fourth-order valence-electron chi connectivity index (χ4n) is 1.52. The summed E-state index contributed by atoms with van der Waals surface area (Å²) in [7, 11) is 0. The number of hydrogen-bond donors (Lipinski definition) is 0. The van der Waals surface area contributed by atoms with Gasteiger partial charge < -0.3 is 4.74 Å². The Balaban J connectivity index is 2.49. The first-order valence-corrected chi connectivity index (χ1v) is 5.79. The van der Waals surface area contributed by atoms with Crippen molar-refractivity contribution in [2.45, 2.75) is 38.7 Å². The zero-order valence-corrected chi connectivity index (χ0v) is 10.1. The molecule has 0 saturated heterocycles. The van der Waals surface area contributed by atoms with Gasteiger partial charge in [0.15, 0.2) is 5.60 Å². The molecule has 0 spiro atoms. The van der Waals surface area contributed by atoms with E-state index < -0.39 is 5.60 Å². The quantitative estimate of drug-likeness (QED) is 0.732. The van der Waals surface area contributed by atoms with Gasteiger partial charge in [-0.2, -0.15) is 5.26 Å². The highest BCUT2D eigenvalue weighted by Gasteiger charge is 2.23. The van der Waals surface area contributed by atoms with E-state index in [9.17, 15) is 0 Å². The molecule has 0 aliphatic heterocycles. The molecule has 0 saturated carbocycles. The van der Waals surface area contributed by atoms with Gasteiger partial charge in [0.05, 0.1) is 6.07 Å². The second-order valence-electron chi connectivity index (χ2n) is 4.18. The van der Waals surface area contributed by atoms with Crippen LogP contribution in [0.4, 0.5) is 0 Å². The van der Waals surface area contributed by atoms with E-state index in [1.807, 2.05) is 25.1 Å². The van der Waals surface area contributed by atoms with Crippen LogP contribution < -0.4 is 0 Å². The molecule has 0 aromatic heterocycles. The van der Waals surface area contributed by atoms with Crippen LogP contribution in [0.3, 0.4) is 0 Å². The first-order chi connectivity index (χ1) is 7.70. The van der Waals surface area contributed by atoms with E-state index in [1.165, 1.54) is 5.56 Å². The van der Waals surface area contributed by atoms with Gasteiger partial charge >= 0.3 is 0 Å². The van der Waals surface area contributed by atoms with Crippen LogP contribution in [0.15, 0.2) is 30.3 Å². The van der Waals surface area contributed by atoms with Crippen molar-refractivity contribution in [3.8, 4) is 6.07 Å². The molecule has 1 atom stereocenters. The van der Waals surface area contributed by atoms with E-state index in [2.05, 4.69) is 25.1 Å². The second kappa shape index (κ2) is 6.30. The van der Waals surface area contributed by atoms with Crippen molar-refractivity contribution in [3.05, 3.63) is 35.9 Å². The van der Waals surface area contributed by atoms with Crippen LogP contribution in [0.25, 0.3) is 0 Å². The summed E-state index contributed by atoms with van der Waals surface area (Å²) < 4.78 is 5.59. The molecular weight excluding hydrogens is 198 g/mol. The van der Waals surface area contributed by atoms with E-state index in [4.69, 9.17) is 10.00 Å². The van der Waals surface area contributed by atoms with E-state index >= 15 is 0 Å². The minimum Gasteiger partial charge on any atom is -0.360 e. The van der Waals surface area contributed by atoms with Crippen LogP contribution >= 0.6 is 0 Å². The molecule has 0 bridgehead atoms. The normalized spacial score (nSPS) is 14.1. The zero-order chi connectivity index (χ0) is 11.9. The van der Waals surface area contributed by atoms with Crippen molar-refractivity contribution in [1.82, 2.24) is 0 Å². The fraction of sp³-hybridized carbons (Fsp3) is 0.500. The van der Waals surface area contributed by atoms with E-state index in [0.717, 1.165) is 19.3 Å². The molecule has 1 aromatic carbocycles. The van der Waals surface area contributed by atoms with Gasteiger partial charge in [-0.3, -0.25) is 0 Å². The Hall–Kier alpha value is -1.33. The molecular formula is C14H19NO. The Morgan fingerprint density at radius 3 is 2.56 bits per heavy atom. The largest absolute Gasteiger partial charge is 0.360 e. The summed E-state index contributed by atoms with van der Waals surface area (Å²) in [5, 5.41) is 9.11. The molecule has 0 radical (unpaired) electrons. The summed E-state index contributed by atoms with van der Waals surface area (Å²) in [5.41, 5.74) is 0.607. The van der Waals surface area contributed by atoms with Crippen LogP contribution in [0.5, 0.6) is 0 Å². The standard InChI is InChI=1S/C14H19NO/c1-3-11-16-14(2,12-15)10-9-13-7-5-4-6-8-13/h4-8H,3,9-11H2,1-2H3. The van der Waals surface area contributed by atoms with E-state index in [-0.39, 0.29) is 0 Å². The highest BCUT2D eigenvalue weighted by atomic mass is 16.5. The molecule has 86 valence electrons. The number of rotatable bonds is 6. The van der Waals surface area contributed by atoms with Gasteiger partial charge in [0.25, 0.3) is 0 Å². The molecule has 0 aliphatic rings. The third-order valence-electron chi connectivity index (χ3n) is 2.59. The molecule has 0 amide bonds. The maximum Gasteiger partial charge on any atom is 0.151 e. The van der Waals surface area contributed by atoms with Crippen LogP contribution in [-0.2, 0) is 11.2 Å². The van der Waals surface area contributed by atoms with Crippen molar-refractivity contribution in [2.75, 3.05) is 6.61 Å². The van der Waals surface area contributed by atoms with Crippen molar-refractivity contribution >= 4 is 0 Å². The lowest BCUT2D eigenvalue weighted by molar-refractivity contribution is 0.00603. The van der Waals surface area contributed by atoms with Crippen LogP contribution in [0.1, 0.15) is 32.3 Å². The molecule has 0 heterocycles. The Morgan fingerprint density at radius 2 is 2.00 bits per heavy atom. The topological polar surface area (TPSA) is 33.0 Å². The van der Waals surface area contributed by atoms with Crippen molar-refractivity contribution < 1.29 is 4.74 Å². The van der Waals surface area contributed by atoms with Crippen LogP contribution in [-0.4, -0.2) is 12.2 Å². The molecule has 0 fully saturated rings. The molecule has 16 heavy (non-hydrogen) atoms. The average molecular weight is 217 g/mol. The van der Waals surface area contributed by atoms with Gasteiger partial charge in [-0.15, -0.1) is 0 Å².